The minimum absolute atomic E-state index is 0.0472. The van der Waals surface area contributed by atoms with Gasteiger partial charge in [-0.15, -0.1) is 0 Å². The Morgan fingerprint density at radius 2 is 1.91 bits per heavy atom. The van der Waals surface area contributed by atoms with E-state index in [0.717, 1.165) is 44.3 Å². The van der Waals surface area contributed by atoms with Gasteiger partial charge in [-0.2, -0.15) is 0 Å². The molecule has 0 aromatic heterocycles. The Bertz CT molecular complexity index is 991. The van der Waals surface area contributed by atoms with Crippen LogP contribution in [0.3, 0.4) is 0 Å². The van der Waals surface area contributed by atoms with E-state index in [2.05, 4.69) is 11.0 Å². The van der Waals surface area contributed by atoms with Gasteiger partial charge in [-0.25, -0.2) is 0 Å². The topological polar surface area (TPSA) is 103 Å². The van der Waals surface area contributed by atoms with E-state index in [-0.39, 0.29) is 12.2 Å². The Balaban J connectivity index is 1.56. The van der Waals surface area contributed by atoms with Crippen molar-refractivity contribution >= 4 is 5.91 Å². The molecule has 1 aliphatic carbocycles. The number of amides is 1. The first kappa shape index (κ1) is 24.9. The van der Waals surface area contributed by atoms with Crippen molar-refractivity contribution in [3.8, 4) is 11.5 Å². The third kappa shape index (κ3) is 6.68. The monoisotopic (exact) mass is 482 g/mol. The fourth-order valence-electron chi connectivity index (χ4n) is 4.62. The zero-order chi connectivity index (χ0) is 24.6. The van der Waals surface area contributed by atoms with Crippen molar-refractivity contribution in [2.45, 2.75) is 44.3 Å². The van der Waals surface area contributed by atoms with E-state index in [0.29, 0.717) is 23.8 Å². The third-order valence-electron chi connectivity index (χ3n) is 6.51. The van der Waals surface area contributed by atoms with E-state index >= 15 is 0 Å². The fourth-order valence-corrected chi connectivity index (χ4v) is 4.62. The third-order valence-corrected chi connectivity index (χ3v) is 6.51. The van der Waals surface area contributed by atoms with E-state index < -0.39 is 24.0 Å². The largest absolute Gasteiger partial charge is 0.497 e. The number of methoxy groups -OCH3 is 1. The van der Waals surface area contributed by atoms with E-state index in [9.17, 15) is 9.90 Å². The minimum atomic E-state index is -1.07. The van der Waals surface area contributed by atoms with Crippen molar-refractivity contribution < 1.29 is 28.8 Å². The molecule has 8 heteroatoms. The summed E-state index contributed by atoms with van der Waals surface area (Å²) in [5.74, 6) is 1.13. The van der Waals surface area contributed by atoms with Gasteiger partial charge in [-0.05, 0) is 68.6 Å². The molecule has 0 radical (unpaired) electrons. The van der Waals surface area contributed by atoms with Crippen molar-refractivity contribution in [2.24, 2.45) is 11.7 Å². The molecule has 3 aliphatic rings. The average molecular weight is 483 g/mol. The highest BCUT2D eigenvalue weighted by Gasteiger charge is 2.37. The lowest BCUT2D eigenvalue weighted by Gasteiger charge is -2.35. The molecule has 0 bridgehead atoms. The maximum Gasteiger partial charge on any atom is 0.221 e. The van der Waals surface area contributed by atoms with Gasteiger partial charge in [0.1, 0.15) is 36.2 Å². The van der Waals surface area contributed by atoms with Crippen LogP contribution < -0.4 is 15.2 Å². The average Bonchev–Trinajstić information content (AvgIpc) is 3.41. The quantitative estimate of drug-likeness (QED) is 0.498. The number of nitrogens with two attached hydrogens (primary N) is 1. The van der Waals surface area contributed by atoms with Crippen LogP contribution in [0.5, 0.6) is 11.5 Å². The maximum atomic E-state index is 12.0. The van der Waals surface area contributed by atoms with Gasteiger partial charge in [0.15, 0.2) is 11.5 Å². The lowest BCUT2D eigenvalue weighted by atomic mass is 9.91. The van der Waals surface area contributed by atoms with Crippen LogP contribution >= 0.6 is 0 Å². The number of aliphatic hydroxyl groups is 1. The van der Waals surface area contributed by atoms with Gasteiger partial charge in [0.05, 0.1) is 13.5 Å². The van der Waals surface area contributed by atoms with Gasteiger partial charge in [0.25, 0.3) is 0 Å². The maximum absolute atomic E-state index is 12.0. The first-order chi connectivity index (χ1) is 17.0. The number of ether oxygens (including phenoxy) is 4. The van der Waals surface area contributed by atoms with E-state index in [1.54, 1.807) is 37.6 Å². The molecule has 1 aromatic carbocycles. The second-order valence-electron chi connectivity index (χ2n) is 9.02. The van der Waals surface area contributed by atoms with Crippen LogP contribution in [0.1, 0.15) is 32.1 Å². The van der Waals surface area contributed by atoms with Crippen LogP contribution in [0.25, 0.3) is 0 Å². The van der Waals surface area contributed by atoms with Gasteiger partial charge in [0.2, 0.25) is 5.91 Å². The van der Waals surface area contributed by atoms with E-state index in [1.807, 2.05) is 12.2 Å². The summed E-state index contributed by atoms with van der Waals surface area (Å²) in [6.45, 7) is 2.38. The van der Waals surface area contributed by atoms with Crippen LogP contribution in [0.2, 0.25) is 0 Å². The summed E-state index contributed by atoms with van der Waals surface area (Å²) in [6, 6.07) is 7.12. The molecule has 35 heavy (non-hydrogen) atoms. The number of benzene rings is 1. The lowest BCUT2D eigenvalue weighted by Crippen LogP contribution is -2.46. The first-order valence-corrected chi connectivity index (χ1v) is 12.1. The summed E-state index contributed by atoms with van der Waals surface area (Å²) in [7, 11) is 1.59. The van der Waals surface area contributed by atoms with Crippen molar-refractivity contribution in [3.63, 3.8) is 0 Å². The highest BCUT2D eigenvalue weighted by molar-refractivity contribution is 5.74. The molecule has 3 atom stereocenters. The highest BCUT2D eigenvalue weighted by Crippen LogP contribution is 2.32. The first-order valence-electron chi connectivity index (χ1n) is 12.1. The summed E-state index contributed by atoms with van der Waals surface area (Å²) in [4.78, 5) is 14.3. The summed E-state index contributed by atoms with van der Waals surface area (Å²) in [5, 5.41) is 11.5. The Labute approximate surface area is 206 Å². The Morgan fingerprint density at radius 1 is 1.17 bits per heavy atom. The molecule has 3 unspecified atom stereocenters. The van der Waals surface area contributed by atoms with Crippen LogP contribution in [0, 0.1) is 5.92 Å². The number of rotatable bonds is 11. The highest BCUT2D eigenvalue weighted by atomic mass is 16.6. The number of likely N-dealkylation sites (tertiary alicyclic amines) is 1. The van der Waals surface area contributed by atoms with Gasteiger partial charge in [0, 0.05) is 12.5 Å². The number of hydrogen-bond acceptors (Lipinski definition) is 7. The molecule has 2 aliphatic heterocycles. The summed E-state index contributed by atoms with van der Waals surface area (Å²) < 4.78 is 23.1. The SMILES string of the molecule is COc1ccc(OC(CC(N)=O)C(CN2CCCC2)C(O)C2=COC=C(C3=CC=CCC3)O2)cc1. The van der Waals surface area contributed by atoms with Crippen LogP contribution in [-0.2, 0) is 14.3 Å². The predicted octanol–water partition coefficient (Wildman–Crippen LogP) is 3.40. The van der Waals surface area contributed by atoms with Gasteiger partial charge in [-0.1, -0.05) is 18.2 Å². The number of primary amides is 1. The van der Waals surface area contributed by atoms with Gasteiger partial charge in [-0.3, -0.25) is 4.79 Å². The summed E-state index contributed by atoms with van der Waals surface area (Å²) in [6.07, 6.45) is 11.2. The number of nitrogens with zero attached hydrogens (tertiary/aromatic N) is 1. The lowest BCUT2D eigenvalue weighted by molar-refractivity contribution is -0.121. The smallest absolute Gasteiger partial charge is 0.221 e. The number of hydrogen-bond donors (Lipinski definition) is 2. The second kappa shape index (κ2) is 12.0. The molecular formula is C27H34N2O6. The molecule has 1 aromatic rings. The van der Waals surface area contributed by atoms with Crippen LogP contribution in [-0.4, -0.2) is 54.9 Å². The predicted molar refractivity (Wildman–Crippen MR) is 131 cm³/mol. The molecule has 2 heterocycles. The number of allylic oxidation sites excluding steroid dienone is 4. The molecule has 0 saturated carbocycles. The molecule has 4 rings (SSSR count). The fraction of sp³-hybridized carbons (Fsp3) is 0.444. The molecule has 8 nitrogen and oxygen atoms in total. The summed E-state index contributed by atoms with van der Waals surface area (Å²) in [5.41, 5.74) is 6.61. The van der Waals surface area contributed by atoms with E-state index in [4.69, 9.17) is 24.7 Å². The zero-order valence-corrected chi connectivity index (χ0v) is 20.1. The Kier molecular flexibility index (Phi) is 8.50. The Hall–Kier alpha value is -3.23. The van der Waals surface area contributed by atoms with Crippen molar-refractivity contribution in [1.82, 2.24) is 4.90 Å². The number of carbonyl (C=O) groups excluding carboxylic acids is 1. The van der Waals surface area contributed by atoms with Crippen molar-refractivity contribution in [3.05, 3.63) is 72.1 Å². The molecule has 0 spiro atoms. The number of carbonyl (C=O) groups is 1. The normalized spacial score (nSPS) is 20.5. The second-order valence-corrected chi connectivity index (χ2v) is 9.02. The van der Waals surface area contributed by atoms with Crippen molar-refractivity contribution in [1.29, 1.82) is 0 Å². The standard InChI is InChI=1S/C27H34N2O6/c1-32-20-9-11-21(12-10-20)34-23(15-26(28)30)22(16-29-13-5-6-14-29)27(31)25-18-33-17-24(35-25)19-7-3-2-4-8-19/h2-3,7,9-12,17-18,22-23,27,31H,4-6,8,13-16H2,1H3,(H2,28,30). The molecular weight excluding hydrogens is 448 g/mol. The van der Waals surface area contributed by atoms with Gasteiger partial charge >= 0.3 is 0 Å². The molecule has 188 valence electrons. The molecule has 1 saturated heterocycles. The molecule has 1 amide bonds. The van der Waals surface area contributed by atoms with Crippen LogP contribution in [0.4, 0.5) is 0 Å². The van der Waals surface area contributed by atoms with Gasteiger partial charge < -0.3 is 34.7 Å². The minimum Gasteiger partial charge on any atom is -0.497 e. The van der Waals surface area contributed by atoms with Crippen LogP contribution in [0.15, 0.2) is 72.1 Å². The number of aliphatic hydroxyl groups excluding tert-OH is 1. The zero-order valence-electron chi connectivity index (χ0n) is 20.1. The summed E-state index contributed by atoms with van der Waals surface area (Å²) >= 11 is 0. The molecule has 3 N–H and O–H groups in total. The molecule has 1 fully saturated rings. The van der Waals surface area contributed by atoms with Crippen molar-refractivity contribution in [2.75, 3.05) is 26.7 Å². The van der Waals surface area contributed by atoms with E-state index in [1.165, 1.54) is 6.26 Å². The Morgan fingerprint density at radius 3 is 2.57 bits per heavy atom.